The molecular weight excluding hydrogens is 162 g/mol. The van der Waals surface area contributed by atoms with E-state index in [1.54, 1.807) is 0 Å². The van der Waals surface area contributed by atoms with Crippen molar-refractivity contribution in [2.75, 3.05) is 0 Å². The minimum Gasteiger partial charge on any atom is -0.317 e. The molecule has 72 valence electrons. The molecule has 1 fully saturated rings. The molecule has 0 aromatic heterocycles. The quantitative estimate of drug-likeness (QED) is 0.631. The van der Waals surface area contributed by atoms with E-state index in [1.165, 1.54) is 0 Å². The minimum atomic E-state index is -2.95. The molecule has 0 bridgehead atoms. The topological polar surface area (TPSA) is 9.23 Å². The Kier molecular flexibility index (Phi) is 3.04. The van der Waals surface area contributed by atoms with E-state index in [4.69, 9.17) is 0 Å². The van der Waals surface area contributed by atoms with E-state index >= 15 is 0 Å². The monoisotopic (exact) mass is 178 g/mol. The van der Waals surface area contributed by atoms with Crippen LogP contribution in [0.1, 0.15) is 39.5 Å². The van der Waals surface area contributed by atoms with Crippen LogP contribution < -0.4 is 0 Å². The van der Waals surface area contributed by atoms with Crippen LogP contribution in [-0.2, 0) is 4.74 Å². The zero-order valence-electron chi connectivity index (χ0n) is 7.65. The summed E-state index contributed by atoms with van der Waals surface area (Å²) in [4.78, 5) is 0. The first-order valence-corrected chi connectivity index (χ1v) is 4.53. The lowest BCUT2D eigenvalue weighted by atomic mass is 9.89. The van der Waals surface area contributed by atoms with E-state index in [2.05, 4.69) is 11.7 Å². The van der Waals surface area contributed by atoms with Gasteiger partial charge in [-0.15, -0.1) is 0 Å². The van der Waals surface area contributed by atoms with Crippen molar-refractivity contribution in [3.8, 4) is 0 Å². The third kappa shape index (κ3) is 3.48. The maximum Gasteiger partial charge on any atom is 0.353 e. The molecule has 0 amide bonds. The van der Waals surface area contributed by atoms with Gasteiger partial charge in [0.1, 0.15) is 0 Å². The molecule has 0 radical (unpaired) electrons. The van der Waals surface area contributed by atoms with E-state index in [1.807, 2.05) is 0 Å². The molecule has 1 aliphatic carbocycles. The Labute approximate surface area is 72.1 Å². The summed E-state index contributed by atoms with van der Waals surface area (Å²) in [5, 5.41) is 0. The molecule has 0 aromatic carbocycles. The van der Waals surface area contributed by atoms with Gasteiger partial charge in [-0.2, -0.15) is 8.78 Å². The van der Waals surface area contributed by atoms with E-state index in [0.717, 1.165) is 32.6 Å². The van der Waals surface area contributed by atoms with Crippen LogP contribution in [0.3, 0.4) is 0 Å². The molecular formula is C9H16F2O. The molecule has 0 aliphatic heterocycles. The summed E-state index contributed by atoms with van der Waals surface area (Å²) in [5.74, 6) is 0.676. The van der Waals surface area contributed by atoms with E-state index in [0.29, 0.717) is 5.92 Å². The average molecular weight is 178 g/mol. The molecule has 12 heavy (non-hydrogen) atoms. The number of alkyl halides is 2. The van der Waals surface area contributed by atoms with Crippen LogP contribution in [0.5, 0.6) is 0 Å². The Morgan fingerprint density at radius 2 is 1.67 bits per heavy atom. The molecule has 0 unspecified atom stereocenters. The maximum absolute atomic E-state index is 12.4. The van der Waals surface area contributed by atoms with Gasteiger partial charge in [-0.3, -0.25) is 0 Å². The van der Waals surface area contributed by atoms with Gasteiger partial charge in [-0.25, -0.2) is 0 Å². The first-order chi connectivity index (χ1) is 5.47. The first-order valence-electron chi connectivity index (χ1n) is 4.53. The summed E-state index contributed by atoms with van der Waals surface area (Å²) in [7, 11) is 0. The lowest BCUT2D eigenvalue weighted by molar-refractivity contribution is -0.254. The minimum absolute atomic E-state index is 0.221. The van der Waals surface area contributed by atoms with Crippen LogP contribution in [-0.4, -0.2) is 12.2 Å². The van der Waals surface area contributed by atoms with Crippen LogP contribution in [0, 0.1) is 5.92 Å². The van der Waals surface area contributed by atoms with Gasteiger partial charge in [0.25, 0.3) is 0 Å². The van der Waals surface area contributed by atoms with Gasteiger partial charge in [0.2, 0.25) is 0 Å². The van der Waals surface area contributed by atoms with Gasteiger partial charge in [-0.1, -0.05) is 6.92 Å². The fourth-order valence-electron chi connectivity index (χ4n) is 1.64. The van der Waals surface area contributed by atoms with Crippen LogP contribution in [0.4, 0.5) is 8.78 Å². The van der Waals surface area contributed by atoms with Crippen molar-refractivity contribution in [1.29, 1.82) is 0 Å². The normalized spacial score (nSPS) is 32.0. The summed E-state index contributed by atoms with van der Waals surface area (Å²) in [5.41, 5.74) is 0. The van der Waals surface area contributed by atoms with Crippen molar-refractivity contribution in [3.63, 3.8) is 0 Å². The first kappa shape index (κ1) is 9.90. The second-order valence-electron chi connectivity index (χ2n) is 3.81. The lowest BCUT2D eigenvalue weighted by Crippen LogP contribution is -2.28. The van der Waals surface area contributed by atoms with Crippen LogP contribution in [0.25, 0.3) is 0 Å². The second kappa shape index (κ2) is 3.69. The van der Waals surface area contributed by atoms with Gasteiger partial charge in [0, 0.05) is 6.92 Å². The molecule has 1 saturated carbocycles. The number of halogens is 2. The van der Waals surface area contributed by atoms with Gasteiger partial charge >= 0.3 is 6.11 Å². The Hall–Kier alpha value is -0.180. The molecule has 0 spiro atoms. The smallest absolute Gasteiger partial charge is 0.317 e. The highest BCUT2D eigenvalue weighted by Gasteiger charge is 2.29. The molecule has 1 rings (SSSR count). The third-order valence-electron chi connectivity index (χ3n) is 2.34. The van der Waals surface area contributed by atoms with Crippen molar-refractivity contribution in [2.24, 2.45) is 5.92 Å². The SMILES string of the molecule is CC1CCC(OC(C)(F)F)CC1. The fourth-order valence-corrected chi connectivity index (χ4v) is 1.64. The highest BCUT2D eigenvalue weighted by Crippen LogP contribution is 2.29. The summed E-state index contributed by atoms with van der Waals surface area (Å²) in [6.45, 7) is 2.96. The fraction of sp³-hybridized carbons (Fsp3) is 1.00. The predicted octanol–water partition coefficient (Wildman–Crippen LogP) is 3.19. The lowest BCUT2D eigenvalue weighted by Gasteiger charge is -2.28. The number of hydrogen-bond donors (Lipinski definition) is 0. The highest BCUT2D eigenvalue weighted by atomic mass is 19.3. The van der Waals surface area contributed by atoms with Crippen molar-refractivity contribution in [1.82, 2.24) is 0 Å². The van der Waals surface area contributed by atoms with Crippen molar-refractivity contribution >= 4 is 0 Å². The van der Waals surface area contributed by atoms with Gasteiger partial charge in [-0.05, 0) is 31.6 Å². The van der Waals surface area contributed by atoms with Crippen LogP contribution in [0.15, 0.2) is 0 Å². The predicted molar refractivity (Wildman–Crippen MR) is 43.1 cm³/mol. The zero-order chi connectivity index (χ0) is 9.19. The summed E-state index contributed by atoms with van der Waals surface area (Å²) >= 11 is 0. The van der Waals surface area contributed by atoms with Crippen molar-refractivity contribution < 1.29 is 13.5 Å². The Morgan fingerprint density at radius 1 is 1.17 bits per heavy atom. The summed E-state index contributed by atoms with van der Waals surface area (Å²) in [6.07, 6.45) is 0.420. The summed E-state index contributed by atoms with van der Waals surface area (Å²) < 4.78 is 29.4. The maximum atomic E-state index is 12.4. The number of rotatable bonds is 2. The molecule has 1 nitrogen and oxygen atoms in total. The summed E-state index contributed by atoms with van der Waals surface area (Å²) in [6, 6.07) is 0. The van der Waals surface area contributed by atoms with E-state index < -0.39 is 6.11 Å². The second-order valence-corrected chi connectivity index (χ2v) is 3.81. The Bertz CT molecular complexity index is 134. The van der Waals surface area contributed by atoms with Crippen LogP contribution >= 0.6 is 0 Å². The molecule has 0 aromatic rings. The average Bonchev–Trinajstić information content (AvgIpc) is 1.91. The van der Waals surface area contributed by atoms with Gasteiger partial charge in [0.15, 0.2) is 0 Å². The third-order valence-corrected chi connectivity index (χ3v) is 2.34. The largest absolute Gasteiger partial charge is 0.353 e. The van der Waals surface area contributed by atoms with Crippen molar-refractivity contribution in [3.05, 3.63) is 0 Å². The molecule has 0 heterocycles. The molecule has 0 saturated heterocycles. The molecule has 3 heteroatoms. The van der Waals surface area contributed by atoms with Crippen molar-refractivity contribution in [2.45, 2.75) is 51.7 Å². The van der Waals surface area contributed by atoms with E-state index in [9.17, 15) is 8.78 Å². The van der Waals surface area contributed by atoms with E-state index in [-0.39, 0.29) is 6.10 Å². The number of hydrogen-bond acceptors (Lipinski definition) is 1. The number of ether oxygens (including phenoxy) is 1. The van der Waals surface area contributed by atoms with Gasteiger partial charge < -0.3 is 4.74 Å². The van der Waals surface area contributed by atoms with Gasteiger partial charge in [0.05, 0.1) is 6.10 Å². The van der Waals surface area contributed by atoms with Crippen LogP contribution in [0.2, 0.25) is 0 Å². The Morgan fingerprint density at radius 3 is 2.08 bits per heavy atom. The standard InChI is InChI=1S/C9H16F2O/c1-7-3-5-8(6-4-7)12-9(2,10)11/h7-8H,3-6H2,1-2H3. The Balaban J connectivity index is 2.26. The highest BCUT2D eigenvalue weighted by molar-refractivity contribution is 4.70. The molecule has 0 atom stereocenters. The molecule has 0 N–H and O–H groups in total. The zero-order valence-corrected chi connectivity index (χ0v) is 7.65. The molecule has 1 aliphatic rings.